The molecule has 1 aliphatic carbocycles. The topological polar surface area (TPSA) is 210 Å². The highest BCUT2D eigenvalue weighted by Gasteiger charge is 2.51. The molecule has 1 rings (SSSR count). The van der Waals surface area contributed by atoms with E-state index < -0.39 is 75.7 Å². The summed E-state index contributed by atoms with van der Waals surface area (Å²) in [5.41, 5.74) is 0. The third-order valence-electron chi connectivity index (χ3n) is 10.3. The first kappa shape index (κ1) is 53.3. The van der Waals surface area contributed by atoms with Crippen LogP contribution in [0.25, 0.3) is 0 Å². The minimum Gasteiger partial charge on any atom is -0.462 e. The van der Waals surface area contributed by atoms with E-state index in [1.54, 1.807) is 0 Å². The van der Waals surface area contributed by atoms with Crippen LogP contribution in [0.4, 0.5) is 0 Å². The fourth-order valence-corrected chi connectivity index (χ4v) is 7.60. The largest absolute Gasteiger partial charge is 0.472 e. The number of rotatable bonds is 36. The minimum atomic E-state index is -5.12. The molecule has 0 aromatic heterocycles. The van der Waals surface area contributed by atoms with Crippen molar-refractivity contribution in [2.45, 2.75) is 224 Å². The summed E-state index contributed by atoms with van der Waals surface area (Å²) in [5.74, 6) is -1.12. The monoisotopic (exact) mass is 835 g/mol. The first-order valence-electron chi connectivity index (χ1n) is 22.1. The van der Waals surface area contributed by atoms with Gasteiger partial charge in [-0.3, -0.25) is 18.6 Å². The Balaban J connectivity index is 2.49. The van der Waals surface area contributed by atoms with Crippen LogP contribution < -0.4 is 0 Å². The van der Waals surface area contributed by atoms with Crippen molar-refractivity contribution in [3.8, 4) is 0 Å². The molecule has 0 aliphatic heterocycles. The summed E-state index contributed by atoms with van der Waals surface area (Å²) in [6.45, 7) is 3.25. The number of carbonyl (C=O) groups is 2. The van der Waals surface area contributed by atoms with Crippen LogP contribution in [0.3, 0.4) is 0 Å². The van der Waals surface area contributed by atoms with E-state index in [-0.39, 0.29) is 12.8 Å². The van der Waals surface area contributed by atoms with Crippen LogP contribution in [-0.2, 0) is 32.7 Å². The van der Waals surface area contributed by atoms with Gasteiger partial charge >= 0.3 is 19.8 Å². The Hall–Kier alpha value is -1.67. The van der Waals surface area contributed by atoms with Crippen LogP contribution in [0.2, 0.25) is 0 Å². The van der Waals surface area contributed by atoms with Gasteiger partial charge in [0.2, 0.25) is 0 Å². The zero-order valence-electron chi connectivity index (χ0n) is 35.1. The number of esters is 2. The zero-order valence-corrected chi connectivity index (χ0v) is 36.0. The highest BCUT2D eigenvalue weighted by Crippen LogP contribution is 2.47. The van der Waals surface area contributed by atoms with Crippen LogP contribution in [0.1, 0.15) is 181 Å². The van der Waals surface area contributed by atoms with Crippen LogP contribution in [-0.4, -0.2) is 98.3 Å². The Labute approximate surface area is 343 Å². The lowest BCUT2D eigenvalue weighted by Gasteiger charge is -2.41. The van der Waals surface area contributed by atoms with E-state index in [2.05, 4.69) is 38.2 Å². The van der Waals surface area contributed by atoms with Crippen molar-refractivity contribution in [1.29, 1.82) is 0 Å². The number of aliphatic hydroxyl groups excluding tert-OH is 5. The number of unbranched alkanes of at least 4 members (excludes halogenated alkanes) is 20. The van der Waals surface area contributed by atoms with Gasteiger partial charge in [0.1, 0.15) is 43.2 Å². The van der Waals surface area contributed by atoms with Gasteiger partial charge in [0, 0.05) is 12.8 Å². The number of allylic oxidation sites excluding steroid dienone is 4. The van der Waals surface area contributed by atoms with Crippen molar-refractivity contribution < 1.29 is 63.1 Å². The van der Waals surface area contributed by atoms with Gasteiger partial charge in [-0.05, 0) is 64.2 Å². The second kappa shape index (κ2) is 34.1. The molecule has 6 N–H and O–H groups in total. The number of carbonyl (C=O) groups excluding carboxylic acids is 2. The van der Waals surface area contributed by atoms with Crippen LogP contribution in [0, 0.1) is 0 Å². The molecule has 1 saturated carbocycles. The van der Waals surface area contributed by atoms with E-state index in [4.69, 9.17) is 18.5 Å². The molecule has 8 atom stereocenters. The summed E-state index contributed by atoms with van der Waals surface area (Å²) in [7, 11) is -5.12. The van der Waals surface area contributed by atoms with E-state index in [0.717, 1.165) is 77.0 Å². The van der Waals surface area contributed by atoms with Crippen molar-refractivity contribution in [3.63, 3.8) is 0 Å². The van der Waals surface area contributed by atoms with Crippen LogP contribution in [0.5, 0.6) is 0 Å². The maximum Gasteiger partial charge on any atom is 0.472 e. The summed E-state index contributed by atoms with van der Waals surface area (Å²) in [6, 6.07) is 0. The van der Waals surface area contributed by atoms with E-state index in [1.807, 2.05) is 0 Å². The lowest BCUT2D eigenvalue weighted by molar-refractivity contribution is -0.220. The van der Waals surface area contributed by atoms with Crippen molar-refractivity contribution in [2.24, 2.45) is 0 Å². The molecule has 57 heavy (non-hydrogen) atoms. The van der Waals surface area contributed by atoms with Gasteiger partial charge in [0.05, 0.1) is 6.61 Å². The molecule has 6 unspecified atom stereocenters. The van der Waals surface area contributed by atoms with Gasteiger partial charge in [0.25, 0.3) is 0 Å². The summed E-state index contributed by atoms with van der Waals surface area (Å²) in [4.78, 5) is 35.6. The number of aliphatic hydroxyl groups is 5. The molecule has 13 nitrogen and oxygen atoms in total. The minimum absolute atomic E-state index is 0.0862. The molecule has 1 fully saturated rings. The van der Waals surface area contributed by atoms with Gasteiger partial charge in [-0.15, -0.1) is 0 Å². The SMILES string of the molecule is CCCCCC/C=C/CCCCCCCC(=O)O[C@@H](COC(=O)CCCCCCC/C=C/CCCCCCCC)COP(=O)(O)OC1C(O)C(O)C(O)[C@H](O)C1O. The Morgan fingerprint density at radius 1 is 0.526 bits per heavy atom. The molecule has 0 heterocycles. The highest BCUT2D eigenvalue weighted by atomic mass is 31.2. The molecule has 0 saturated heterocycles. The molecule has 0 bridgehead atoms. The van der Waals surface area contributed by atoms with Gasteiger partial charge in [0.15, 0.2) is 6.10 Å². The molecule has 14 heteroatoms. The normalized spacial score (nSPS) is 22.9. The molecule has 0 radical (unpaired) electrons. The molecule has 0 aromatic rings. The maximum atomic E-state index is 12.8. The van der Waals surface area contributed by atoms with Gasteiger partial charge in [-0.1, -0.05) is 128 Å². The Morgan fingerprint density at radius 2 is 0.895 bits per heavy atom. The lowest BCUT2D eigenvalue weighted by Crippen LogP contribution is -2.64. The lowest BCUT2D eigenvalue weighted by atomic mass is 9.85. The summed E-state index contributed by atoms with van der Waals surface area (Å²) in [5, 5.41) is 50.1. The van der Waals surface area contributed by atoms with Crippen molar-refractivity contribution in [2.75, 3.05) is 13.2 Å². The van der Waals surface area contributed by atoms with Crippen LogP contribution in [0.15, 0.2) is 24.3 Å². The Kier molecular flexibility index (Phi) is 31.9. The number of ether oxygens (including phenoxy) is 2. The molecule has 0 aromatic carbocycles. The zero-order chi connectivity index (χ0) is 42.2. The highest BCUT2D eigenvalue weighted by molar-refractivity contribution is 7.47. The van der Waals surface area contributed by atoms with Crippen molar-refractivity contribution >= 4 is 19.8 Å². The number of hydrogen-bond acceptors (Lipinski definition) is 12. The number of hydrogen-bond donors (Lipinski definition) is 6. The summed E-state index contributed by atoms with van der Waals surface area (Å²) in [6.07, 6.45) is 22.4. The predicted molar refractivity (Wildman–Crippen MR) is 221 cm³/mol. The Bertz CT molecular complexity index is 1100. The molecule has 0 amide bonds. The van der Waals surface area contributed by atoms with Gasteiger partial charge < -0.3 is 39.9 Å². The summed E-state index contributed by atoms with van der Waals surface area (Å²) >= 11 is 0. The molecule has 0 spiro atoms. The van der Waals surface area contributed by atoms with Crippen molar-refractivity contribution in [3.05, 3.63) is 24.3 Å². The number of phosphoric acid groups is 1. The number of phosphoric ester groups is 1. The second-order valence-electron chi connectivity index (χ2n) is 15.5. The van der Waals surface area contributed by atoms with E-state index in [0.29, 0.717) is 12.8 Å². The average molecular weight is 835 g/mol. The first-order valence-corrected chi connectivity index (χ1v) is 23.6. The fourth-order valence-electron chi connectivity index (χ4n) is 6.63. The maximum absolute atomic E-state index is 12.8. The molecular formula is C43H79O13P. The van der Waals surface area contributed by atoms with E-state index >= 15 is 0 Å². The van der Waals surface area contributed by atoms with Gasteiger partial charge in [-0.2, -0.15) is 0 Å². The summed E-state index contributed by atoms with van der Waals surface area (Å²) < 4.78 is 33.4. The predicted octanol–water partition coefficient (Wildman–Crippen LogP) is 8.06. The molecule has 334 valence electrons. The van der Waals surface area contributed by atoms with Crippen molar-refractivity contribution in [1.82, 2.24) is 0 Å². The quantitative estimate of drug-likeness (QED) is 0.0153. The standard InChI is InChI=1S/C43H79O13P/c1-3-5-7-9-11-13-15-17-18-20-21-23-25-27-29-31-36(44)53-33-35(34-54-57(51,52)56-43-41(49)39(47)38(46)40(48)42(43)50)55-37(45)32-30-28-26-24-22-19-16-14-12-10-8-6-4-2/h14,16-18,35,38-43,46-50H,3-13,15,19-34H2,1-2H3,(H,51,52)/b16-14+,18-17+/t35-,38?,39-,40?,41?,42?,43?/m0/s1. The average Bonchev–Trinajstić information content (AvgIpc) is 3.19. The van der Waals surface area contributed by atoms with Gasteiger partial charge in [-0.25, -0.2) is 4.57 Å². The third kappa shape index (κ3) is 26.9. The molecule has 1 aliphatic rings. The second-order valence-corrected chi connectivity index (χ2v) is 16.9. The van der Waals surface area contributed by atoms with Crippen LogP contribution >= 0.6 is 7.82 Å². The Morgan fingerprint density at radius 3 is 1.35 bits per heavy atom. The third-order valence-corrected chi connectivity index (χ3v) is 11.3. The first-order chi connectivity index (χ1) is 27.4. The molecular weight excluding hydrogens is 755 g/mol. The fraction of sp³-hybridized carbons (Fsp3) is 0.860. The smallest absolute Gasteiger partial charge is 0.462 e. The van der Waals surface area contributed by atoms with E-state index in [9.17, 15) is 44.6 Å². The van der Waals surface area contributed by atoms with E-state index in [1.165, 1.54) is 64.2 Å².